The summed E-state index contributed by atoms with van der Waals surface area (Å²) < 4.78 is 32.8. The summed E-state index contributed by atoms with van der Waals surface area (Å²) in [7, 11) is -3.75. The van der Waals surface area contributed by atoms with Gasteiger partial charge in [-0.25, -0.2) is 8.42 Å². The van der Waals surface area contributed by atoms with Crippen molar-refractivity contribution < 1.29 is 17.9 Å². The minimum absolute atomic E-state index is 0.0576. The number of sulfonamides is 1. The highest BCUT2D eigenvalue weighted by atomic mass is 32.2. The van der Waals surface area contributed by atoms with Gasteiger partial charge in [-0.15, -0.1) is 0 Å². The Hall–Kier alpha value is -2.77. The molecule has 1 aliphatic rings. The molecule has 0 amide bonds. The van der Waals surface area contributed by atoms with Crippen LogP contribution in [0.3, 0.4) is 0 Å². The first-order chi connectivity index (χ1) is 14.0. The van der Waals surface area contributed by atoms with Crippen molar-refractivity contribution in [1.82, 2.24) is 9.29 Å². The molecule has 0 radical (unpaired) electrons. The summed E-state index contributed by atoms with van der Waals surface area (Å²) >= 11 is 0. The second-order valence-corrected chi connectivity index (χ2v) is 9.08. The maximum absolute atomic E-state index is 13.0. The normalized spacial score (nSPS) is 17.5. The molecular weight excluding hydrogens is 388 g/mol. The fraction of sp³-hybridized carbons (Fsp3) is 0.273. The van der Waals surface area contributed by atoms with Gasteiger partial charge >= 0.3 is 5.97 Å². The molecule has 0 bridgehead atoms. The van der Waals surface area contributed by atoms with E-state index in [0.29, 0.717) is 19.4 Å². The molecule has 0 N–H and O–H groups in total. The number of hydrogen-bond acceptors (Lipinski definition) is 5. The number of ether oxygens (including phenoxy) is 1. The lowest BCUT2D eigenvalue weighted by Crippen LogP contribution is -2.41. The van der Waals surface area contributed by atoms with Gasteiger partial charge in [0.2, 0.25) is 10.0 Å². The molecule has 1 aliphatic heterocycles. The van der Waals surface area contributed by atoms with Crippen LogP contribution in [0.15, 0.2) is 65.7 Å². The van der Waals surface area contributed by atoms with E-state index in [0.717, 1.165) is 22.0 Å². The molecule has 4 rings (SSSR count). The fourth-order valence-corrected chi connectivity index (χ4v) is 5.28. The first-order valence-corrected chi connectivity index (χ1v) is 11.0. The summed E-state index contributed by atoms with van der Waals surface area (Å²) in [4.78, 5) is 17.3. The Labute approximate surface area is 170 Å². The van der Waals surface area contributed by atoms with Crippen molar-refractivity contribution in [2.75, 3.05) is 6.54 Å². The minimum Gasteiger partial charge on any atom is -0.460 e. The number of nitrogens with zero attached hydrogens (tertiary/aromatic N) is 2. The van der Waals surface area contributed by atoms with Crippen LogP contribution >= 0.6 is 0 Å². The third-order valence-electron chi connectivity index (χ3n) is 5.19. The smallest absolute Gasteiger partial charge is 0.324 e. The molecule has 150 valence electrons. The van der Waals surface area contributed by atoms with Crippen molar-refractivity contribution in [3.05, 3.63) is 71.9 Å². The Morgan fingerprint density at radius 1 is 1.14 bits per heavy atom. The zero-order valence-electron chi connectivity index (χ0n) is 16.1. The summed E-state index contributed by atoms with van der Waals surface area (Å²) in [6, 6.07) is 15.3. The van der Waals surface area contributed by atoms with Crippen molar-refractivity contribution in [1.29, 1.82) is 0 Å². The monoisotopic (exact) mass is 410 g/mol. The standard InChI is InChI=1S/C22H22N2O4S/c1-16-9-11-19(12-10-16)29(26,27)24-14-4-8-20(24)22(25)28-15-18-6-2-5-17-7-3-13-23-21(17)18/h2-3,5-7,9-13,20H,4,8,14-15H2,1H3/t20-/m0/s1. The van der Waals surface area contributed by atoms with Crippen molar-refractivity contribution >= 4 is 26.9 Å². The maximum Gasteiger partial charge on any atom is 0.324 e. The highest BCUT2D eigenvalue weighted by Crippen LogP contribution is 2.27. The fourth-order valence-electron chi connectivity index (χ4n) is 3.64. The van der Waals surface area contributed by atoms with E-state index in [4.69, 9.17) is 4.74 Å². The average Bonchev–Trinajstić information content (AvgIpc) is 3.23. The lowest BCUT2D eigenvalue weighted by molar-refractivity contribution is -0.148. The minimum atomic E-state index is -3.75. The number of pyridine rings is 1. The third-order valence-corrected chi connectivity index (χ3v) is 7.11. The van der Waals surface area contributed by atoms with E-state index in [1.54, 1.807) is 30.5 Å². The molecular formula is C22H22N2O4S. The molecule has 0 spiro atoms. The van der Waals surface area contributed by atoms with Gasteiger partial charge < -0.3 is 4.74 Å². The number of para-hydroxylation sites is 1. The summed E-state index contributed by atoms with van der Waals surface area (Å²) in [6.45, 7) is 2.27. The summed E-state index contributed by atoms with van der Waals surface area (Å²) in [6.07, 6.45) is 2.78. The van der Waals surface area contributed by atoms with Crippen molar-refractivity contribution in [3.63, 3.8) is 0 Å². The van der Waals surface area contributed by atoms with E-state index in [1.165, 1.54) is 4.31 Å². The van der Waals surface area contributed by atoms with Gasteiger partial charge in [0.25, 0.3) is 0 Å². The average molecular weight is 410 g/mol. The van der Waals surface area contributed by atoms with Crippen LogP contribution in [0, 0.1) is 6.92 Å². The van der Waals surface area contributed by atoms with Crippen molar-refractivity contribution in [2.45, 2.75) is 37.3 Å². The van der Waals surface area contributed by atoms with Crippen LogP contribution in [0.1, 0.15) is 24.0 Å². The zero-order chi connectivity index (χ0) is 20.4. The number of fused-ring (bicyclic) bond motifs is 1. The highest BCUT2D eigenvalue weighted by Gasteiger charge is 2.40. The van der Waals surface area contributed by atoms with Gasteiger partial charge in [0.15, 0.2) is 0 Å². The van der Waals surface area contributed by atoms with E-state index in [1.807, 2.05) is 37.3 Å². The third kappa shape index (κ3) is 3.88. The van der Waals surface area contributed by atoms with E-state index < -0.39 is 22.0 Å². The number of rotatable bonds is 5. The molecule has 1 aromatic heterocycles. The van der Waals surface area contributed by atoms with E-state index in [2.05, 4.69) is 4.98 Å². The predicted molar refractivity (Wildman–Crippen MR) is 110 cm³/mol. The molecule has 1 atom stereocenters. The molecule has 2 aromatic carbocycles. The Bertz CT molecular complexity index is 1140. The number of aromatic nitrogens is 1. The van der Waals surface area contributed by atoms with Crippen LogP contribution in [-0.4, -0.2) is 36.3 Å². The maximum atomic E-state index is 13.0. The van der Waals surface area contributed by atoms with Crippen LogP contribution < -0.4 is 0 Å². The van der Waals surface area contributed by atoms with Gasteiger partial charge in [0.1, 0.15) is 12.6 Å². The first kappa shape index (κ1) is 19.5. The Balaban J connectivity index is 1.51. The SMILES string of the molecule is Cc1ccc(S(=O)(=O)N2CCC[C@H]2C(=O)OCc2cccc3cccnc23)cc1. The van der Waals surface area contributed by atoms with Crippen LogP contribution in [0.25, 0.3) is 10.9 Å². The van der Waals surface area contributed by atoms with Crippen molar-refractivity contribution in [3.8, 4) is 0 Å². The molecule has 2 heterocycles. The van der Waals surface area contributed by atoms with Gasteiger partial charge in [-0.3, -0.25) is 9.78 Å². The van der Waals surface area contributed by atoms with Crippen LogP contribution in [0.4, 0.5) is 0 Å². The van der Waals surface area contributed by atoms with Crippen LogP contribution in [0.2, 0.25) is 0 Å². The number of aryl methyl sites for hydroxylation is 1. The predicted octanol–water partition coefficient (Wildman–Crippen LogP) is 3.44. The molecule has 0 saturated carbocycles. The van der Waals surface area contributed by atoms with Gasteiger partial charge in [-0.05, 0) is 38.0 Å². The molecule has 1 fully saturated rings. The Kier molecular flexibility index (Phi) is 5.34. The first-order valence-electron chi connectivity index (χ1n) is 9.54. The van der Waals surface area contributed by atoms with Gasteiger partial charge in [-0.1, -0.05) is 42.0 Å². The lowest BCUT2D eigenvalue weighted by atomic mass is 10.1. The molecule has 6 nitrogen and oxygen atoms in total. The largest absolute Gasteiger partial charge is 0.460 e. The topological polar surface area (TPSA) is 76.6 Å². The molecule has 0 aliphatic carbocycles. The summed E-state index contributed by atoms with van der Waals surface area (Å²) in [5.41, 5.74) is 2.55. The second kappa shape index (κ2) is 7.93. The van der Waals surface area contributed by atoms with Crippen molar-refractivity contribution in [2.24, 2.45) is 0 Å². The molecule has 1 saturated heterocycles. The summed E-state index contributed by atoms with van der Waals surface area (Å²) in [5.74, 6) is -0.522. The second-order valence-electron chi connectivity index (χ2n) is 7.19. The van der Waals surface area contributed by atoms with Crippen LogP contribution in [-0.2, 0) is 26.2 Å². The number of hydrogen-bond donors (Lipinski definition) is 0. The Morgan fingerprint density at radius 3 is 2.69 bits per heavy atom. The quantitative estimate of drug-likeness (QED) is 0.602. The van der Waals surface area contributed by atoms with Crippen LogP contribution in [0.5, 0.6) is 0 Å². The number of benzene rings is 2. The van der Waals surface area contributed by atoms with E-state index in [9.17, 15) is 13.2 Å². The molecule has 0 unspecified atom stereocenters. The lowest BCUT2D eigenvalue weighted by Gasteiger charge is -2.23. The highest BCUT2D eigenvalue weighted by molar-refractivity contribution is 7.89. The van der Waals surface area contributed by atoms with Gasteiger partial charge in [-0.2, -0.15) is 4.31 Å². The molecule has 3 aromatic rings. The Morgan fingerprint density at radius 2 is 1.90 bits per heavy atom. The molecule has 7 heteroatoms. The van der Waals surface area contributed by atoms with E-state index >= 15 is 0 Å². The number of esters is 1. The van der Waals surface area contributed by atoms with Gasteiger partial charge in [0, 0.05) is 23.7 Å². The summed E-state index contributed by atoms with van der Waals surface area (Å²) in [5, 5.41) is 0.963. The molecule has 29 heavy (non-hydrogen) atoms. The number of carbonyl (C=O) groups excluding carboxylic acids is 1. The number of carbonyl (C=O) groups is 1. The van der Waals surface area contributed by atoms with Gasteiger partial charge in [0.05, 0.1) is 10.4 Å². The zero-order valence-corrected chi connectivity index (χ0v) is 16.9. The van der Waals surface area contributed by atoms with E-state index in [-0.39, 0.29) is 11.5 Å².